The van der Waals surface area contributed by atoms with E-state index in [1.54, 1.807) is 0 Å². The summed E-state index contributed by atoms with van der Waals surface area (Å²) in [5.74, 6) is 1.19. The van der Waals surface area contributed by atoms with Gasteiger partial charge in [0, 0.05) is 4.11 Å². The molecule has 0 N–H and O–H groups in total. The second-order valence-electron chi connectivity index (χ2n) is 1.70. The average Bonchev–Trinajstić information content (AvgIpc) is 1.59. The zero-order chi connectivity index (χ0) is 7.49. The monoisotopic (exact) mass is 107 g/mol. The van der Waals surface area contributed by atoms with E-state index < -0.39 is 6.18 Å². The SMILES string of the molecule is [2H]C([2H])([2H])SCC(C)C. The van der Waals surface area contributed by atoms with Crippen LogP contribution in [-0.4, -0.2) is 11.9 Å². The van der Waals surface area contributed by atoms with Crippen LogP contribution < -0.4 is 0 Å². The van der Waals surface area contributed by atoms with E-state index in [-0.39, 0.29) is 0 Å². The fourth-order valence-electron chi connectivity index (χ4n) is 0.167. The van der Waals surface area contributed by atoms with Crippen molar-refractivity contribution in [2.75, 3.05) is 11.9 Å². The summed E-state index contributed by atoms with van der Waals surface area (Å²) in [7, 11) is 0. The third-order valence-corrected chi connectivity index (χ3v) is 1.25. The van der Waals surface area contributed by atoms with Crippen LogP contribution in [0.4, 0.5) is 0 Å². The molecular formula is C5H12S. The highest BCUT2D eigenvalue weighted by Gasteiger charge is 1.85. The second kappa shape index (κ2) is 3.54. The minimum absolute atomic E-state index is 0.468. The van der Waals surface area contributed by atoms with Gasteiger partial charge in [0.15, 0.2) is 0 Å². The summed E-state index contributed by atoms with van der Waals surface area (Å²) >= 11 is 1.04. The maximum absolute atomic E-state index is 6.82. The third-order valence-electron chi connectivity index (χ3n) is 0.417. The van der Waals surface area contributed by atoms with E-state index in [4.69, 9.17) is 4.11 Å². The Morgan fingerprint density at radius 3 is 2.67 bits per heavy atom. The minimum atomic E-state index is -1.80. The molecule has 0 aromatic carbocycles. The van der Waals surface area contributed by atoms with Crippen LogP contribution in [0.25, 0.3) is 0 Å². The lowest BCUT2D eigenvalue weighted by Gasteiger charge is -1.95. The van der Waals surface area contributed by atoms with E-state index in [0.717, 1.165) is 17.5 Å². The summed E-state index contributed by atoms with van der Waals surface area (Å²) in [5.41, 5.74) is 0. The molecule has 0 saturated carbocycles. The van der Waals surface area contributed by atoms with Gasteiger partial charge in [-0.15, -0.1) is 0 Å². The van der Waals surface area contributed by atoms with Crippen molar-refractivity contribution in [3.8, 4) is 0 Å². The van der Waals surface area contributed by atoms with Gasteiger partial charge in [-0.3, -0.25) is 0 Å². The molecule has 0 aliphatic heterocycles. The van der Waals surface area contributed by atoms with Gasteiger partial charge in [-0.25, -0.2) is 0 Å². The van der Waals surface area contributed by atoms with Crippen LogP contribution in [0.2, 0.25) is 0 Å². The van der Waals surface area contributed by atoms with E-state index in [1.807, 2.05) is 13.8 Å². The molecule has 0 rings (SSSR count). The summed E-state index contributed by atoms with van der Waals surface area (Å²) in [6.07, 6.45) is -1.80. The lowest BCUT2D eigenvalue weighted by atomic mass is 10.3. The van der Waals surface area contributed by atoms with Crippen molar-refractivity contribution in [2.45, 2.75) is 13.8 Å². The number of hydrogen-bond acceptors (Lipinski definition) is 1. The maximum Gasteiger partial charge on any atom is 0.0344 e. The molecule has 6 heavy (non-hydrogen) atoms. The third kappa shape index (κ3) is 4.35. The van der Waals surface area contributed by atoms with Crippen LogP contribution in [-0.2, 0) is 0 Å². The maximum atomic E-state index is 6.82. The van der Waals surface area contributed by atoms with Crippen molar-refractivity contribution in [1.82, 2.24) is 0 Å². The molecule has 0 spiro atoms. The van der Waals surface area contributed by atoms with Gasteiger partial charge >= 0.3 is 0 Å². The van der Waals surface area contributed by atoms with E-state index in [1.165, 1.54) is 0 Å². The van der Waals surface area contributed by atoms with Crippen molar-refractivity contribution >= 4 is 11.8 Å². The van der Waals surface area contributed by atoms with Gasteiger partial charge < -0.3 is 0 Å². The summed E-state index contributed by atoms with van der Waals surface area (Å²) < 4.78 is 20.5. The molecule has 0 amide bonds. The molecule has 0 saturated heterocycles. The van der Waals surface area contributed by atoms with Gasteiger partial charge in [-0.2, -0.15) is 11.8 Å². The van der Waals surface area contributed by atoms with Gasteiger partial charge in [0.05, 0.1) is 0 Å². The van der Waals surface area contributed by atoms with Crippen LogP contribution in [0.3, 0.4) is 0 Å². The van der Waals surface area contributed by atoms with Crippen molar-refractivity contribution in [3.05, 3.63) is 0 Å². The molecule has 0 aromatic heterocycles. The average molecular weight is 107 g/mol. The first-order valence-corrected chi connectivity index (χ1v) is 3.04. The summed E-state index contributed by atoms with van der Waals surface area (Å²) in [5, 5.41) is 0. The van der Waals surface area contributed by atoms with Gasteiger partial charge in [-0.05, 0) is 17.9 Å². The topological polar surface area (TPSA) is 0 Å². The minimum Gasteiger partial charge on any atom is -0.165 e. The van der Waals surface area contributed by atoms with Crippen LogP contribution in [0.15, 0.2) is 0 Å². The number of hydrogen-bond donors (Lipinski definition) is 0. The van der Waals surface area contributed by atoms with E-state index in [0.29, 0.717) is 5.92 Å². The van der Waals surface area contributed by atoms with Gasteiger partial charge in [-0.1, -0.05) is 13.8 Å². The van der Waals surface area contributed by atoms with Crippen LogP contribution in [0, 0.1) is 5.92 Å². The lowest BCUT2D eigenvalue weighted by Crippen LogP contribution is -1.87. The Labute approximate surface area is 48.5 Å². The molecule has 0 bridgehead atoms. The van der Waals surface area contributed by atoms with Crippen molar-refractivity contribution in [2.24, 2.45) is 5.92 Å². The van der Waals surface area contributed by atoms with Gasteiger partial charge in [0.1, 0.15) is 0 Å². The summed E-state index contributed by atoms with van der Waals surface area (Å²) in [6.45, 7) is 4.03. The largest absolute Gasteiger partial charge is 0.165 e. The van der Waals surface area contributed by atoms with Gasteiger partial charge in [0.25, 0.3) is 0 Å². The highest BCUT2D eigenvalue weighted by atomic mass is 32.2. The fourth-order valence-corrected chi connectivity index (χ4v) is 0.500. The van der Waals surface area contributed by atoms with E-state index >= 15 is 0 Å². The van der Waals surface area contributed by atoms with Crippen LogP contribution in [0.5, 0.6) is 0 Å². The first-order chi connectivity index (χ1) is 3.92. The molecule has 0 fully saturated rings. The number of thioether (sulfide) groups is 1. The Balaban J connectivity index is 3.28. The first-order valence-electron chi connectivity index (χ1n) is 3.56. The molecule has 0 unspecified atom stereocenters. The molecular weight excluding hydrogens is 92.1 g/mol. The molecule has 0 aliphatic carbocycles. The smallest absolute Gasteiger partial charge is 0.0344 e. The molecule has 0 radical (unpaired) electrons. The molecule has 1 heteroatoms. The van der Waals surface area contributed by atoms with E-state index in [2.05, 4.69) is 0 Å². The molecule has 0 atom stereocenters. The van der Waals surface area contributed by atoms with Crippen molar-refractivity contribution in [1.29, 1.82) is 0 Å². The second-order valence-corrected chi connectivity index (χ2v) is 2.33. The Kier molecular flexibility index (Phi) is 1.54. The Bertz CT molecular complexity index is 76.8. The zero-order valence-electron chi connectivity index (χ0n) is 7.19. The normalized spacial score (nSPS) is 19.5. The van der Waals surface area contributed by atoms with E-state index in [9.17, 15) is 0 Å². The van der Waals surface area contributed by atoms with Crippen molar-refractivity contribution in [3.63, 3.8) is 0 Å². The predicted octanol–water partition coefficient (Wildman–Crippen LogP) is 2.01. The highest BCUT2D eigenvalue weighted by Crippen LogP contribution is 2.00. The van der Waals surface area contributed by atoms with Crippen LogP contribution in [0.1, 0.15) is 18.0 Å². The molecule has 0 aliphatic rings. The summed E-state index contributed by atoms with van der Waals surface area (Å²) in [6, 6.07) is 0. The Morgan fingerprint density at radius 2 is 2.50 bits per heavy atom. The zero-order valence-corrected chi connectivity index (χ0v) is 5.01. The van der Waals surface area contributed by atoms with Crippen molar-refractivity contribution < 1.29 is 4.11 Å². The molecule has 38 valence electrons. The fraction of sp³-hybridized carbons (Fsp3) is 1.00. The molecule has 0 heterocycles. The van der Waals surface area contributed by atoms with Crippen LogP contribution >= 0.6 is 11.8 Å². The number of rotatable bonds is 2. The lowest BCUT2D eigenvalue weighted by molar-refractivity contribution is 0.751. The highest BCUT2D eigenvalue weighted by molar-refractivity contribution is 7.98. The molecule has 0 nitrogen and oxygen atoms in total. The molecule has 0 aromatic rings. The Morgan fingerprint density at radius 1 is 1.83 bits per heavy atom. The van der Waals surface area contributed by atoms with Gasteiger partial charge in [0.2, 0.25) is 0 Å². The predicted molar refractivity (Wildman–Crippen MR) is 33.2 cm³/mol. The quantitative estimate of drug-likeness (QED) is 0.520. The first kappa shape index (κ1) is 2.61. The standard InChI is InChI=1S/C5H12S/c1-5(2)4-6-3/h5H,4H2,1-3H3/i3D3. The summed E-state index contributed by atoms with van der Waals surface area (Å²) in [4.78, 5) is 0. The Hall–Kier alpha value is 0.350.